The van der Waals surface area contributed by atoms with Crippen molar-refractivity contribution in [2.75, 3.05) is 7.11 Å². The predicted octanol–water partition coefficient (Wildman–Crippen LogP) is 10.9. The average Bonchev–Trinajstić information content (AvgIpc) is 3.31. The molecule has 0 aromatic heterocycles. The number of amides is 1. The smallest absolute Gasteiger partial charge is 0.416 e. The van der Waals surface area contributed by atoms with Gasteiger partial charge in [-0.25, -0.2) is 4.79 Å². The van der Waals surface area contributed by atoms with Crippen LogP contribution in [0.4, 0.5) is 44.3 Å². The van der Waals surface area contributed by atoms with E-state index in [0.717, 1.165) is 17.0 Å². The highest BCUT2D eigenvalue weighted by Crippen LogP contribution is 2.48. The highest BCUT2D eigenvalue weighted by molar-refractivity contribution is 8.14. The zero-order valence-electron chi connectivity index (χ0n) is 26.2. The molecule has 4 aromatic rings. The maximum absolute atomic E-state index is 14.0. The lowest BCUT2D eigenvalue weighted by Gasteiger charge is -2.26. The van der Waals surface area contributed by atoms with Crippen molar-refractivity contribution in [1.82, 2.24) is 4.90 Å². The molecule has 1 N–H and O–H groups in total. The molecule has 1 heterocycles. The number of ether oxygens (including phenoxy) is 1. The standard InChI is InChI=1S/C35H26F9NO4S/c1-17-10-20(31(46)47)4-7-26(17)19-5-9-29(49-3)28(14-19)27-8-6-23(33(36,37)38)13-22(27)16-45-18(2)30(50-32(45)48)21-11-24(34(39,40)41)15-25(12-21)35(42,43)44/h4-15,18,30H,16H2,1-3H3,(H,46,47). The van der Waals surface area contributed by atoms with E-state index in [2.05, 4.69) is 0 Å². The van der Waals surface area contributed by atoms with E-state index in [1.165, 1.54) is 32.2 Å². The van der Waals surface area contributed by atoms with Crippen LogP contribution in [0.15, 0.2) is 72.8 Å². The van der Waals surface area contributed by atoms with Gasteiger partial charge in [-0.2, -0.15) is 39.5 Å². The molecule has 2 atom stereocenters. The number of alkyl halides is 9. The fraction of sp³-hybridized carbons (Fsp3) is 0.257. The SMILES string of the molecule is COc1ccc(-c2ccc(C(=O)O)cc2C)cc1-c1ccc(C(F)(F)F)cc1CN1C(=O)SC(c2cc(C(F)(F)F)cc(C(F)(F)F)c2)C1C. The van der Waals surface area contributed by atoms with Gasteiger partial charge in [0.2, 0.25) is 0 Å². The summed E-state index contributed by atoms with van der Waals surface area (Å²) < 4.78 is 129. The molecule has 0 aliphatic carbocycles. The molecule has 0 spiro atoms. The first-order valence-electron chi connectivity index (χ1n) is 14.7. The highest BCUT2D eigenvalue weighted by Gasteiger charge is 2.43. The van der Waals surface area contributed by atoms with Gasteiger partial charge >= 0.3 is 24.5 Å². The second-order valence-corrected chi connectivity index (χ2v) is 12.7. The Morgan fingerprint density at radius 1 is 0.780 bits per heavy atom. The van der Waals surface area contributed by atoms with Crippen LogP contribution in [-0.4, -0.2) is 34.4 Å². The molecule has 0 saturated carbocycles. The number of nitrogens with zero attached hydrogens (tertiary/aromatic N) is 1. The first-order chi connectivity index (χ1) is 23.2. The van der Waals surface area contributed by atoms with Crippen molar-refractivity contribution in [2.45, 2.75) is 50.2 Å². The largest absolute Gasteiger partial charge is 0.496 e. The molecule has 4 aromatic carbocycles. The maximum atomic E-state index is 14.0. The topological polar surface area (TPSA) is 66.8 Å². The minimum absolute atomic E-state index is 0.0188. The lowest BCUT2D eigenvalue weighted by atomic mass is 9.91. The van der Waals surface area contributed by atoms with Gasteiger partial charge in [-0.3, -0.25) is 4.79 Å². The molecule has 5 nitrogen and oxygen atoms in total. The summed E-state index contributed by atoms with van der Waals surface area (Å²) in [6.07, 6.45) is -15.0. The number of aryl methyl sites for hydroxylation is 1. The lowest BCUT2D eigenvalue weighted by molar-refractivity contribution is -0.143. The average molecular weight is 728 g/mol. The summed E-state index contributed by atoms with van der Waals surface area (Å²) in [6, 6.07) is 12.2. The highest BCUT2D eigenvalue weighted by atomic mass is 32.2. The molecular weight excluding hydrogens is 701 g/mol. The summed E-state index contributed by atoms with van der Waals surface area (Å²) in [7, 11) is 1.34. The zero-order valence-corrected chi connectivity index (χ0v) is 27.0. The summed E-state index contributed by atoms with van der Waals surface area (Å²) in [6.45, 7) is 2.60. The molecule has 5 rings (SSSR count). The van der Waals surface area contributed by atoms with Gasteiger partial charge < -0.3 is 14.7 Å². The number of aromatic carboxylic acids is 1. The van der Waals surface area contributed by atoms with Crippen molar-refractivity contribution in [3.8, 4) is 28.0 Å². The predicted molar refractivity (Wildman–Crippen MR) is 168 cm³/mol. The molecule has 1 fully saturated rings. The molecule has 0 bridgehead atoms. The monoisotopic (exact) mass is 727 g/mol. The third-order valence-corrected chi connectivity index (χ3v) is 9.73. The van der Waals surface area contributed by atoms with Crippen LogP contribution in [0.1, 0.15) is 55.9 Å². The van der Waals surface area contributed by atoms with Gasteiger partial charge in [-0.05, 0) is 102 Å². The Balaban J connectivity index is 1.59. The number of benzene rings is 4. The van der Waals surface area contributed by atoms with E-state index < -0.39 is 69.8 Å². The van der Waals surface area contributed by atoms with E-state index >= 15 is 0 Å². The second kappa shape index (κ2) is 13.2. The summed E-state index contributed by atoms with van der Waals surface area (Å²) in [5.41, 5.74) is -2.25. The van der Waals surface area contributed by atoms with Crippen LogP contribution >= 0.6 is 11.8 Å². The number of thioether (sulfide) groups is 1. The fourth-order valence-corrected chi connectivity index (χ4v) is 7.06. The molecule has 264 valence electrons. The van der Waals surface area contributed by atoms with E-state index in [1.54, 1.807) is 31.2 Å². The zero-order chi connectivity index (χ0) is 36.9. The molecule has 1 amide bonds. The number of methoxy groups -OCH3 is 1. The van der Waals surface area contributed by atoms with Gasteiger partial charge in [0.05, 0.1) is 34.6 Å². The van der Waals surface area contributed by atoms with Crippen LogP contribution in [0, 0.1) is 6.92 Å². The Morgan fingerprint density at radius 3 is 1.92 bits per heavy atom. The van der Waals surface area contributed by atoms with Crippen LogP contribution in [0.3, 0.4) is 0 Å². The van der Waals surface area contributed by atoms with Crippen molar-refractivity contribution >= 4 is 23.0 Å². The lowest BCUT2D eigenvalue weighted by Crippen LogP contribution is -2.31. The van der Waals surface area contributed by atoms with Crippen molar-refractivity contribution < 1.29 is 58.9 Å². The summed E-state index contributed by atoms with van der Waals surface area (Å²) in [5.74, 6) is -0.893. The molecule has 1 aliphatic rings. The summed E-state index contributed by atoms with van der Waals surface area (Å²) >= 11 is 0.480. The van der Waals surface area contributed by atoms with Crippen molar-refractivity contribution in [1.29, 1.82) is 0 Å². The number of hydrogen-bond acceptors (Lipinski definition) is 4. The second-order valence-electron chi connectivity index (χ2n) is 11.6. The Morgan fingerprint density at radius 2 is 1.38 bits per heavy atom. The van der Waals surface area contributed by atoms with Crippen LogP contribution in [0.5, 0.6) is 5.75 Å². The third-order valence-electron chi connectivity index (χ3n) is 8.38. The van der Waals surface area contributed by atoms with Gasteiger partial charge in [0, 0.05) is 18.2 Å². The number of carboxylic acid groups (broad SMARTS) is 1. The van der Waals surface area contributed by atoms with Gasteiger partial charge in [0.25, 0.3) is 5.24 Å². The van der Waals surface area contributed by atoms with E-state index in [9.17, 15) is 54.2 Å². The van der Waals surface area contributed by atoms with Gasteiger partial charge in [0.15, 0.2) is 0 Å². The van der Waals surface area contributed by atoms with Gasteiger partial charge in [-0.1, -0.05) is 30.0 Å². The van der Waals surface area contributed by atoms with E-state index in [-0.39, 0.29) is 28.5 Å². The number of hydrogen-bond donors (Lipinski definition) is 1. The minimum Gasteiger partial charge on any atom is -0.496 e. The summed E-state index contributed by atoms with van der Waals surface area (Å²) in [5, 5.41) is 7.38. The van der Waals surface area contributed by atoms with Gasteiger partial charge in [-0.15, -0.1) is 0 Å². The van der Waals surface area contributed by atoms with Crippen LogP contribution in [0.25, 0.3) is 22.3 Å². The first-order valence-corrected chi connectivity index (χ1v) is 15.6. The minimum atomic E-state index is -5.12. The van der Waals surface area contributed by atoms with E-state index in [1.807, 2.05) is 0 Å². The molecule has 2 unspecified atom stereocenters. The van der Waals surface area contributed by atoms with E-state index in [0.29, 0.717) is 46.1 Å². The van der Waals surface area contributed by atoms with Crippen LogP contribution in [0.2, 0.25) is 0 Å². The normalized spacial score (nSPS) is 17.0. The Bertz CT molecular complexity index is 1940. The molecule has 15 heteroatoms. The number of carbonyl (C=O) groups is 2. The molecule has 1 saturated heterocycles. The molecule has 1 aliphatic heterocycles. The van der Waals surface area contributed by atoms with Crippen molar-refractivity contribution in [3.63, 3.8) is 0 Å². The molecule has 50 heavy (non-hydrogen) atoms. The number of carbonyl (C=O) groups excluding carboxylic acids is 1. The molecular formula is C35H26F9NO4S. The Labute approximate surface area is 283 Å². The number of carboxylic acids is 1. The Kier molecular flexibility index (Phi) is 9.69. The first kappa shape index (κ1) is 36.6. The number of rotatable bonds is 7. The van der Waals surface area contributed by atoms with Gasteiger partial charge in [0.1, 0.15) is 5.75 Å². The third kappa shape index (κ3) is 7.42. The van der Waals surface area contributed by atoms with Crippen molar-refractivity contribution in [3.05, 3.63) is 112 Å². The quantitative estimate of drug-likeness (QED) is 0.192. The molecule has 0 radical (unpaired) electrons. The van der Waals surface area contributed by atoms with Crippen LogP contribution in [-0.2, 0) is 25.1 Å². The number of halogens is 9. The van der Waals surface area contributed by atoms with Crippen molar-refractivity contribution in [2.24, 2.45) is 0 Å². The Hall–Kier alpha value is -4.66. The fourth-order valence-electron chi connectivity index (χ4n) is 5.86. The summed E-state index contributed by atoms with van der Waals surface area (Å²) in [4.78, 5) is 25.8. The van der Waals surface area contributed by atoms with E-state index in [4.69, 9.17) is 4.74 Å². The maximum Gasteiger partial charge on any atom is 0.416 e. The van der Waals surface area contributed by atoms with Crippen LogP contribution < -0.4 is 4.74 Å².